The first-order chi connectivity index (χ1) is 6.11. The van der Waals surface area contributed by atoms with Gasteiger partial charge >= 0.3 is 5.97 Å². The Labute approximate surface area is 74.4 Å². The Morgan fingerprint density at radius 2 is 2.23 bits per heavy atom. The van der Waals surface area contributed by atoms with Crippen molar-refractivity contribution in [2.45, 2.75) is 25.3 Å². The highest BCUT2D eigenvalue weighted by Gasteiger charge is 2.22. The number of halogens is 2. The molecule has 0 unspecified atom stereocenters. The second-order valence-corrected chi connectivity index (χ2v) is 3.04. The van der Waals surface area contributed by atoms with Crippen LogP contribution in [0, 0.1) is 0 Å². The van der Waals surface area contributed by atoms with E-state index in [-0.39, 0.29) is 12.5 Å². The molecule has 1 rings (SSSR count). The van der Waals surface area contributed by atoms with Crippen LogP contribution in [0.3, 0.4) is 0 Å². The molecule has 0 bridgehead atoms. The molecule has 2 N–H and O–H groups in total. The van der Waals surface area contributed by atoms with Crippen LogP contribution in [-0.4, -0.2) is 23.7 Å². The molecule has 1 fully saturated rings. The summed E-state index contributed by atoms with van der Waals surface area (Å²) in [5.74, 6) is -1.52. The number of carboxylic acid groups (broad SMARTS) is 1. The van der Waals surface area contributed by atoms with Gasteiger partial charge in [-0.3, -0.25) is 0 Å². The number of aliphatic carboxylic acids is 1. The van der Waals surface area contributed by atoms with Gasteiger partial charge in [-0.1, -0.05) is 0 Å². The van der Waals surface area contributed by atoms with Crippen molar-refractivity contribution in [2.75, 3.05) is 6.54 Å². The molecule has 0 spiro atoms. The van der Waals surface area contributed by atoms with Gasteiger partial charge in [-0.15, -0.1) is 0 Å². The van der Waals surface area contributed by atoms with Crippen LogP contribution in [0.2, 0.25) is 0 Å². The summed E-state index contributed by atoms with van der Waals surface area (Å²) < 4.78 is 24.1. The molecule has 0 aromatic rings. The van der Waals surface area contributed by atoms with Crippen LogP contribution in [0.25, 0.3) is 0 Å². The summed E-state index contributed by atoms with van der Waals surface area (Å²) in [6.45, 7) is 0.783. The minimum atomic E-state index is -2.08. The zero-order chi connectivity index (χ0) is 9.84. The van der Waals surface area contributed by atoms with Crippen molar-refractivity contribution in [2.24, 2.45) is 0 Å². The average Bonchev–Trinajstić information content (AvgIpc) is 2.50. The molecule has 13 heavy (non-hydrogen) atoms. The molecule has 1 saturated heterocycles. The summed E-state index contributed by atoms with van der Waals surface area (Å²) in [6, 6.07) is -0.104. The minimum absolute atomic E-state index is 0.0856. The minimum Gasteiger partial charge on any atom is -0.478 e. The van der Waals surface area contributed by atoms with Crippen LogP contribution in [0.4, 0.5) is 8.78 Å². The molecule has 3 nitrogen and oxygen atoms in total. The van der Waals surface area contributed by atoms with E-state index in [1.807, 2.05) is 0 Å². The Bertz CT molecular complexity index is 230. The van der Waals surface area contributed by atoms with Crippen molar-refractivity contribution in [3.05, 3.63) is 11.7 Å². The summed E-state index contributed by atoms with van der Waals surface area (Å²) in [6.07, 6.45) is -0.478. The molecule has 0 saturated carbocycles. The van der Waals surface area contributed by atoms with Crippen LogP contribution < -0.4 is 5.32 Å². The Hall–Kier alpha value is -0.970. The topological polar surface area (TPSA) is 49.3 Å². The molecule has 0 radical (unpaired) electrons. The molecular weight excluding hydrogens is 180 g/mol. The predicted molar refractivity (Wildman–Crippen MR) is 42.5 cm³/mol. The summed E-state index contributed by atoms with van der Waals surface area (Å²) in [5, 5.41) is 11.4. The van der Waals surface area contributed by atoms with Crippen molar-refractivity contribution < 1.29 is 18.7 Å². The summed E-state index contributed by atoms with van der Waals surface area (Å²) >= 11 is 0. The number of hydrogen-bond acceptors (Lipinski definition) is 2. The van der Waals surface area contributed by atoms with Crippen molar-refractivity contribution >= 4 is 5.97 Å². The second-order valence-electron chi connectivity index (χ2n) is 3.04. The highest BCUT2D eigenvalue weighted by Crippen LogP contribution is 2.19. The first kappa shape index (κ1) is 10.1. The van der Waals surface area contributed by atoms with Crippen LogP contribution in [-0.2, 0) is 4.79 Å². The third kappa shape index (κ3) is 2.77. The highest BCUT2D eigenvalue weighted by molar-refractivity contribution is 5.86. The fraction of sp³-hybridized carbons (Fsp3) is 0.625. The number of carboxylic acids is 1. The summed E-state index contributed by atoms with van der Waals surface area (Å²) in [4.78, 5) is 10.4. The number of nitrogens with one attached hydrogen (secondary N) is 1. The van der Waals surface area contributed by atoms with Gasteiger partial charge < -0.3 is 10.4 Å². The van der Waals surface area contributed by atoms with Gasteiger partial charge in [-0.25, -0.2) is 4.79 Å². The fourth-order valence-corrected chi connectivity index (χ4v) is 1.42. The quantitative estimate of drug-likeness (QED) is 0.662. The van der Waals surface area contributed by atoms with Gasteiger partial charge in [0.25, 0.3) is 6.08 Å². The van der Waals surface area contributed by atoms with Crippen LogP contribution in [0.5, 0.6) is 0 Å². The van der Waals surface area contributed by atoms with Crippen LogP contribution in [0.1, 0.15) is 19.3 Å². The molecule has 0 aromatic carbocycles. The van der Waals surface area contributed by atoms with Gasteiger partial charge in [0.2, 0.25) is 0 Å². The van der Waals surface area contributed by atoms with Gasteiger partial charge in [-0.05, 0) is 19.4 Å². The maximum absolute atomic E-state index is 12.1. The lowest BCUT2D eigenvalue weighted by molar-refractivity contribution is -0.133. The normalized spacial score (nSPS) is 21.5. The molecule has 1 heterocycles. The zero-order valence-corrected chi connectivity index (χ0v) is 7.02. The van der Waals surface area contributed by atoms with E-state index in [1.165, 1.54) is 0 Å². The average molecular weight is 191 g/mol. The largest absolute Gasteiger partial charge is 0.478 e. The molecule has 1 atom stereocenters. The first-order valence-electron chi connectivity index (χ1n) is 4.12. The lowest BCUT2D eigenvalue weighted by atomic mass is 10.1. The molecular formula is C8H11F2NO2. The van der Waals surface area contributed by atoms with Crippen molar-refractivity contribution in [1.82, 2.24) is 5.32 Å². The van der Waals surface area contributed by atoms with Crippen molar-refractivity contribution in [1.29, 1.82) is 0 Å². The maximum atomic E-state index is 12.1. The maximum Gasteiger partial charge on any atom is 0.337 e. The zero-order valence-electron chi connectivity index (χ0n) is 7.02. The monoisotopic (exact) mass is 191 g/mol. The van der Waals surface area contributed by atoms with E-state index in [0.29, 0.717) is 0 Å². The SMILES string of the molecule is O=C(O)C(C[C@H]1CCCN1)=C(F)F. The molecule has 0 aromatic heterocycles. The Morgan fingerprint density at radius 3 is 2.62 bits per heavy atom. The third-order valence-electron chi connectivity index (χ3n) is 2.10. The fourth-order valence-electron chi connectivity index (χ4n) is 1.42. The first-order valence-corrected chi connectivity index (χ1v) is 4.12. The smallest absolute Gasteiger partial charge is 0.337 e. The van der Waals surface area contributed by atoms with Gasteiger partial charge in [0.05, 0.1) is 0 Å². The molecule has 5 heteroatoms. The lowest BCUT2D eigenvalue weighted by Crippen LogP contribution is -2.23. The number of rotatable bonds is 3. The molecule has 74 valence electrons. The van der Waals surface area contributed by atoms with E-state index in [4.69, 9.17) is 5.11 Å². The second kappa shape index (κ2) is 4.32. The van der Waals surface area contributed by atoms with Gasteiger partial charge in [0, 0.05) is 12.5 Å². The van der Waals surface area contributed by atoms with E-state index in [0.717, 1.165) is 19.4 Å². The molecule has 0 amide bonds. The Morgan fingerprint density at radius 1 is 1.54 bits per heavy atom. The van der Waals surface area contributed by atoms with Gasteiger partial charge in [-0.2, -0.15) is 8.78 Å². The number of hydrogen-bond donors (Lipinski definition) is 2. The summed E-state index contributed by atoms with van der Waals surface area (Å²) in [5.41, 5.74) is -0.764. The standard InChI is InChI=1S/C8H11F2NO2/c9-7(10)6(8(12)13)4-5-2-1-3-11-5/h5,11H,1-4H2,(H,12,13)/t5-/m1/s1. The van der Waals surface area contributed by atoms with Crippen LogP contribution >= 0.6 is 0 Å². The predicted octanol–water partition coefficient (Wildman–Crippen LogP) is 1.36. The van der Waals surface area contributed by atoms with E-state index in [2.05, 4.69) is 5.32 Å². The van der Waals surface area contributed by atoms with Crippen LogP contribution in [0.15, 0.2) is 11.7 Å². The van der Waals surface area contributed by atoms with Crippen molar-refractivity contribution in [3.63, 3.8) is 0 Å². The van der Waals surface area contributed by atoms with Gasteiger partial charge in [0.15, 0.2) is 0 Å². The molecule has 0 aliphatic carbocycles. The van der Waals surface area contributed by atoms with Crippen molar-refractivity contribution in [3.8, 4) is 0 Å². The third-order valence-corrected chi connectivity index (χ3v) is 2.10. The summed E-state index contributed by atoms with van der Waals surface area (Å²) in [7, 11) is 0. The highest BCUT2D eigenvalue weighted by atomic mass is 19.3. The van der Waals surface area contributed by atoms with E-state index in [9.17, 15) is 13.6 Å². The molecule has 1 aliphatic rings. The number of carbonyl (C=O) groups is 1. The Kier molecular flexibility index (Phi) is 3.36. The van der Waals surface area contributed by atoms with E-state index in [1.54, 1.807) is 0 Å². The Balaban J connectivity index is 2.58. The molecule has 1 aliphatic heterocycles. The lowest BCUT2D eigenvalue weighted by Gasteiger charge is -2.08. The van der Waals surface area contributed by atoms with E-state index >= 15 is 0 Å². The van der Waals surface area contributed by atoms with E-state index < -0.39 is 17.6 Å². The van der Waals surface area contributed by atoms with Gasteiger partial charge in [0.1, 0.15) is 5.57 Å².